The van der Waals surface area contributed by atoms with E-state index in [1.54, 1.807) is 16.8 Å². The molecule has 1 saturated heterocycles. The van der Waals surface area contributed by atoms with E-state index in [4.69, 9.17) is 18.9 Å². The van der Waals surface area contributed by atoms with E-state index >= 15 is 0 Å². The van der Waals surface area contributed by atoms with E-state index in [0.717, 1.165) is 35.7 Å². The van der Waals surface area contributed by atoms with Gasteiger partial charge in [0.25, 0.3) is 0 Å². The normalized spacial score (nSPS) is 17.1. The molecule has 2 unspecified atom stereocenters. The summed E-state index contributed by atoms with van der Waals surface area (Å²) in [6.07, 6.45) is 1.73. The minimum atomic E-state index is -1.02. The van der Waals surface area contributed by atoms with Crippen LogP contribution in [0.15, 0.2) is 40.9 Å². The molecule has 0 radical (unpaired) electrons. The zero-order chi connectivity index (χ0) is 26.0. The van der Waals surface area contributed by atoms with Crippen molar-refractivity contribution in [3.63, 3.8) is 0 Å². The van der Waals surface area contributed by atoms with E-state index < -0.39 is 6.10 Å². The number of ether oxygens (including phenoxy) is 2. The summed E-state index contributed by atoms with van der Waals surface area (Å²) in [4.78, 5) is 14.0. The van der Waals surface area contributed by atoms with E-state index in [1.165, 1.54) is 0 Å². The Balaban J connectivity index is 1.40. The molecule has 2 N–H and O–H groups in total. The molecule has 198 valence electrons. The van der Waals surface area contributed by atoms with Gasteiger partial charge in [-0.05, 0) is 39.8 Å². The maximum atomic E-state index is 11.3. The molecule has 10 nitrogen and oxygen atoms in total. The Morgan fingerprint density at radius 1 is 1.22 bits per heavy atom. The van der Waals surface area contributed by atoms with Crippen LogP contribution >= 0.6 is 0 Å². The third-order valence-corrected chi connectivity index (χ3v) is 8.76. The van der Waals surface area contributed by atoms with Crippen molar-refractivity contribution in [1.29, 1.82) is 0 Å². The first-order chi connectivity index (χ1) is 17.8. The van der Waals surface area contributed by atoms with E-state index in [1.807, 2.05) is 52.0 Å². The maximum Gasteiger partial charge on any atom is -0.458 e. The number of furan rings is 1. The molecule has 1 aliphatic rings. The molecule has 0 aliphatic carbocycles. The maximum absolute atomic E-state index is 11.3. The van der Waals surface area contributed by atoms with Gasteiger partial charge in [0.2, 0.25) is 0 Å². The average Bonchev–Trinajstić information content (AvgIpc) is 3.61. The number of nitrogens with zero attached hydrogens (tertiary/aromatic N) is 5. The first kappa shape index (κ1) is 26.0. The molecule has 4 aromatic heterocycles. The second-order valence-electron chi connectivity index (χ2n) is 10.0. The summed E-state index contributed by atoms with van der Waals surface area (Å²) >= 11 is -0.0466. The number of nitrogens with one attached hydrogen (secondary N) is 1. The van der Waals surface area contributed by atoms with Gasteiger partial charge in [-0.3, -0.25) is 0 Å². The van der Waals surface area contributed by atoms with Gasteiger partial charge in [0.05, 0.1) is 0 Å². The molecular weight excluding hydrogens is 587 g/mol. The molecule has 1 aliphatic heterocycles. The first-order valence-corrected chi connectivity index (χ1v) is 15.0. The van der Waals surface area contributed by atoms with Crippen molar-refractivity contribution < 1.29 is 40.2 Å². The molecule has 0 aromatic carbocycles. The number of hydrogen-bond acceptors (Lipinski definition) is 9. The average molecular weight is 619 g/mol. The van der Waals surface area contributed by atoms with Crippen LogP contribution in [-0.2, 0) is 16.1 Å². The molecule has 0 spiro atoms. The van der Waals surface area contributed by atoms with E-state index in [2.05, 4.69) is 20.4 Å². The number of pyridine rings is 1. The third-order valence-electron chi connectivity index (χ3n) is 5.73. The summed E-state index contributed by atoms with van der Waals surface area (Å²) in [5.74, 6) is 2.25. The minimum absolute atomic E-state index is 0.0466. The van der Waals surface area contributed by atoms with Crippen LogP contribution in [0.1, 0.15) is 56.0 Å². The van der Waals surface area contributed by atoms with Gasteiger partial charge >= 0.3 is 171 Å². The largest absolute Gasteiger partial charge is 0.458 e. The number of aryl methyl sites for hydroxylation is 1. The topological polar surface area (TPSA) is 120 Å². The molecule has 5 heterocycles. The number of aliphatic hydroxyl groups excluding tert-OH is 1. The Morgan fingerprint density at radius 2 is 2.08 bits per heavy atom. The number of rotatable bonds is 9. The molecule has 11 heteroatoms. The number of anilines is 1. The second kappa shape index (κ2) is 11.0. The zero-order valence-electron chi connectivity index (χ0n) is 21.4. The number of halogens is 1. The molecule has 0 amide bonds. The monoisotopic (exact) mass is 619 g/mol. The third kappa shape index (κ3) is 6.28. The van der Waals surface area contributed by atoms with E-state index in [9.17, 15) is 5.11 Å². The summed E-state index contributed by atoms with van der Waals surface area (Å²) in [7, 11) is 0. The van der Waals surface area contributed by atoms with E-state index in [0.29, 0.717) is 45.0 Å². The molecular formula is C26H32IN6O4-. The Bertz CT molecular complexity index is 1360. The fourth-order valence-electron chi connectivity index (χ4n) is 3.99. The van der Waals surface area contributed by atoms with Crippen LogP contribution in [0.2, 0.25) is 0 Å². The summed E-state index contributed by atoms with van der Waals surface area (Å²) in [5, 5.41) is 19.2. The Hall–Kier alpha value is -2.61. The second-order valence-corrected chi connectivity index (χ2v) is 13.3. The van der Waals surface area contributed by atoms with Gasteiger partial charge in [-0.2, -0.15) is 0 Å². The summed E-state index contributed by atoms with van der Waals surface area (Å²) in [5.41, 5.74) is 2.02. The number of aliphatic hydroxyl groups is 1. The standard InChI is InChI=1S/C26H32IN6O4/c1-16-8-9-21(37-16)24-31-25(32-26(2,3)4)30-23-19(12-28-33(23)24)22(34)20-7-5-6-18(29-20)14-36-15-27-17-10-11-35-13-17/h5-9,12,17,22,34H,10-11,13-15H2,1-4H3,(H,30,32)/q-1. The van der Waals surface area contributed by atoms with Crippen LogP contribution in [0.3, 0.4) is 0 Å². The van der Waals surface area contributed by atoms with Gasteiger partial charge in [-0.15, -0.1) is 0 Å². The predicted octanol–water partition coefficient (Wildman–Crippen LogP) is 0.732. The predicted molar refractivity (Wildman–Crippen MR) is 134 cm³/mol. The van der Waals surface area contributed by atoms with Crippen molar-refractivity contribution in [2.45, 2.75) is 56.3 Å². The van der Waals surface area contributed by atoms with Crippen LogP contribution in [0.5, 0.6) is 0 Å². The van der Waals surface area contributed by atoms with Crippen LogP contribution < -0.4 is 26.5 Å². The van der Waals surface area contributed by atoms with Crippen molar-refractivity contribution >= 4 is 11.6 Å². The number of hydrogen-bond donors (Lipinski definition) is 2. The van der Waals surface area contributed by atoms with Gasteiger partial charge in [-0.1, -0.05) is 0 Å². The summed E-state index contributed by atoms with van der Waals surface area (Å²) in [6, 6.07) is 9.32. The number of alkyl halides is 2. The number of aromatic nitrogens is 5. The number of fused-ring (bicyclic) bond motifs is 1. The van der Waals surface area contributed by atoms with Crippen LogP contribution in [0, 0.1) is 6.92 Å². The molecule has 2 atom stereocenters. The fourth-order valence-corrected chi connectivity index (χ4v) is 6.17. The zero-order valence-corrected chi connectivity index (χ0v) is 23.6. The Labute approximate surface area is 226 Å². The van der Waals surface area contributed by atoms with Crippen LogP contribution in [-0.4, -0.2) is 57.0 Å². The van der Waals surface area contributed by atoms with Gasteiger partial charge < -0.3 is 4.42 Å². The molecule has 0 saturated carbocycles. The van der Waals surface area contributed by atoms with Crippen molar-refractivity contribution in [3.8, 4) is 11.6 Å². The van der Waals surface area contributed by atoms with Crippen molar-refractivity contribution in [2.24, 2.45) is 0 Å². The van der Waals surface area contributed by atoms with Crippen molar-refractivity contribution in [2.75, 3.05) is 23.1 Å². The first-order valence-electron chi connectivity index (χ1n) is 12.2. The van der Waals surface area contributed by atoms with Gasteiger partial charge in [0.15, 0.2) is 0 Å². The van der Waals surface area contributed by atoms with Gasteiger partial charge in [0, 0.05) is 5.54 Å². The molecule has 37 heavy (non-hydrogen) atoms. The summed E-state index contributed by atoms with van der Waals surface area (Å²) < 4.78 is 20.2. The Kier molecular flexibility index (Phi) is 7.75. The van der Waals surface area contributed by atoms with Crippen molar-refractivity contribution in [3.05, 3.63) is 59.2 Å². The van der Waals surface area contributed by atoms with Gasteiger partial charge in [0.1, 0.15) is 5.76 Å². The fraction of sp³-hybridized carbons (Fsp3) is 0.462. The van der Waals surface area contributed by atoms with Crippen LogP contribution in [0.25, 0.3) is 17.2 Å². The summed E-state index contributed by atoms with van der Waals surface area (Å²) in [6.45, 7) is 10.1. The Morgan fingerprint density at radius 3 is 2.81 bits per heavy atom. The molecule has 0 bridgehead atoms. The van der Waals surface area contributed by atoms with E-state index in [-0.39, 0.29) is 26.7 Å². The molecule has 5 rings (SSSR count). The minimum Gasteiger partial charge on any atom is -0.458 e. The smallest absolute Gasteiger partial charge is 0.458 e. The van der Waals surface area contributed by atoms with Crippen LogP contribution in [0.4, 0.5) is 5.95 Å². The molecule has 4 aromatic rings. The van der Waals surface area contributed by atoms with Gasteiger partial charge in [-0.25, -0.2) is 0 Å². The SMILES string of the molecule is Cc1ccc(-c2nc(NC(C)(C)C)nc3c(C(O)c4cccc(COC[I-]C5CCOC5)n4)cnn23)o1. The van der Waals surface area contributed by atoms with Crippen molar-refractivity contribution in [1.82, 2.24) is 24.6 Å². The molecule has 1 fully saturated rings. The quantitative estimate of drug-likeness (QED) is 0.159.